The summed E-state index contributed by atoms with van der Waals surface area (Å²) in [6, 6.07) is 1.58. The summed E-state index contributed by atoms with van der Waals surface area (Å²) in [6.45, 7) is 7.16. The Kier molecular flexibility index (Phi) is 7.89. The zero-order valence-electron chi connectivity index (χ0n) is 16.5. The summed E-state index contributed by atoms with van der Waals surface area (Å²) in [5.74, 6) is -2.06. The van der Waals surface area contributed by atoms with Crippen molar-refractivity contribution in [3.63, 3.8) is 0 Å². The summed E-state index contributed by atoms with van der Waals surface area (Å²) in [7, 11) is 2.63. The van der Waals surface area contributed by atoms with Crippen LogP contribution in [0, 0.1) is 5.82 Å². The van der Waals surface area contributed by atoms with Crippen LogP contribution >= 0.6 is 0 Å². The Labute approximate surface area is 161 Å². The molecule has 0 saturated carbocycles. The SMILES string of the molecule is CC.CN=C(C)C1=NC(c2cccc(C(F)(F)F)c2F)C(C(=O)OC)=C(C)N1. The summed E-state index contributed by atoms with van der Waals surface area (Å²) in [5, 5.41) is 2.85. The molecule has 1 unspecified atom stereocenters. The number of esters is 1. The van der Waals surface area contributed by atoms with Crippen molar-refractivity contribution in [3.8, 4) is 0 Å². The Balaban J connectivity index is 0.00000190. The number of methoxy groups -OCH3 is 1. The van der Waals surface area contributed by atoms with Gasteiger partial charge in [-0.1, -0.05) is 26.0 Å². The van der Waals surface area contributed by atoms with Crippen molar-refractivity contribution < 1.29 is 27.1 Å². The second-order valence-electron chi connectivity index (χ2n) is 5.55. The van der Waals surface area contributed by atoms with Crippen molar-refractivity contribution in [2.45, 2.75) is 39.9 Å². The first-order valence-corrected chi connectivity index (χ1v) is 8.55. The lowest BCUT2D eigenvalue weighted by atomic mass is 9.93. The Morgan fingerprint density at radius 1 is 1.29 bits per heavy atom. The zero-order valence-corrected chi connectivity index (χ0v) is 16.5. The molecule has 0 fully saturated rings. The molecule has 1 aromatic carbocycles. The maximum atomic E-state index is 14.6. The zero-order chi connectivity index (χ0) is 21.6. The Morgan fingerprint density at radius 2 is 1.89 bits per heavy atom. The molecule has 1 aliphatic rings. The van der Waals surface area contributed by atoms with E-state index in [0.717, 1.165) is 19.2 Å². The number of hydrogen-bond donors (Lipinski definition) is 1. The molecule has 1 aliphatic heterocycles. The van der Waals surface area contributed by atoms with Crippen LogP contribution in [0.25, 0.3) is 0 Å². The van der Waals surface area contributed by atoms with E-state index in [1.54, 1.807) is 6.92 Å². The predicted molar refractivity (Wildman–Crippen MR) is 99.8 cm³/mol. The van der Waals surface area contributed by atoms with Gasteiger partial charge < -0.3 is 10.1 Å². The molecule has 0 aromatic heterocycles. The van der Waals surface area contributed by atoms with Crippen molar-refractivity contribution in [3.05, 3.63) is 46.4 Å². The third-order valence-corrected chi connectivity index (χ3v) is 3.95. The lowest BCUT2D eigenvalue weighted by Crippen LogP contribution is -2.36. The van der Waals surface area contributed by atoms with Crippen LogP contribution in [0.2, 0.25) is 0 Å². The quantitative estimate of drug-likeness (QED) is 0.462. The maximum Gasteiger partial charge on any atom is 0.419 e. The minimum Gasteiger partial charge on any atom is -0.466 e. The first kappa shape index (κ1) is 23.3. The fourth-order valence-corrected chi connectivity index (χ4v) is 2.55. The first-order chi connectivity index (χ1) is 13.1. The molecule has 1 aromatic rings. The van der Waals surface area contributed by atoms with Gasteiger partial charge in [-0.2, -0.15) is 13.2 Å². The van der Waals surface area contributed by atoms with Crippen LogP contribution in [-0.4, -0.2) is 31.7 Å². The van der Waals surface area contributed by atoms with Gasteiger partial charge in [-0.05, 0) is 19.9 Å². The average Bonchev–Trinajstić information content (AvgIpc) is 2.67. The van der Waals surface area contributed by atoms with Crippen LogP contribution in [0.3, 0.4) is 0 Å². The van der Waals surface area contributed by atoms with Gasteiger partial charge in [-0.15, -0.1) is 0 Å². The van der Waals surface area contributed by atoms with Gasteiger partial charge in [0.1, 0.15) is 17.7 Å². The normalized spacial score (nSPS) is 17.3. The molecule has 1 N–H and O–H groups in total. The number of ether oxygens (including phenoxy) is 1. The van der Waals surface area contributed by atoms with E-state index < -0.39 is 29.6 Å². The molecule has 9 heteroatoms. The molecular formula is C19H23F4N3O2. The predicted octanol–water partition coefficient (Wildman–Crippen LogP) is 4.45. The van der Waals surface area contributed by atoms with E-state index in [-0.39, 0.29) is 17.0 Å². The number of benzene rings is 1. The van der Waals surface area contributed by atoms with E-state index in [9.17, 15) is 22.4 Å². The van der Waals surface area contributed by atoms with Crippen molar-refractivity contribution in [1.82, 2.24) is 5.32 Å². The van der Waals surface area contributed by atoms with Gasteiger partial charge >= 0.3 is 12.1 Å². The van der Waals surface area contributed by atoms with Gasteiger partial charge in [0.25, 0.3) is 0 Å². The van der Waals surface area contributed by atoms with Crippen molar-refractivity contribution in [2.75, 3.05) is 14.2 Å². The monoisotopic (exact) mass is 401 g/mol. The van der Waals surface area contributed by atoms with Crippen molar-refractivity contribution in [2.24, 2.45) is 9.98 Å². The van der Waals surface area contributed by atoms with E-state index in [1.807, 2.05) is 13.8 Å². The van der Waals surface area contributed by atoms with Gasteiger partial charge in [-0.3, -0.25) is 9.98 Å². The van der Waals surface area contributed by atoms with Crippen LogP contribution in [-0.2, 0) is 15.7 Å². The number of aliphatic imine (C=N–C) groups is 2. The van der Waals surface area contributed by atoms with Gasteiger partial charge in [0.15, 0.2) is 0 Å². The number of alkyl halides is 3. The molecule has 0 saturated heterocycles. The largest absolute Gasteiger partial charge is 0.466 e. The lowest BCUT2D eigenvalue weighted by molar-refractivity contribution is -0.140. The smallest absolute Gasteiger partial charge is 0.419 e. The van der Waals surface area contributed by atoms with E-state index in [1.165, 1.54) is 14.0 Å². The maximum absolute atomic E-state index is 14.6. The number of nitrogens with zero attached hydrogens (tertiary/aromatic N) is 2. The summed E-state index contributed by atoms with van der Waals surface area (Å²) in [5.41, 5.74) is -1.12. The standard InChI is InChI=1S/C17H17F4N3O2.C2H6/c1-8-12(16(25)26-4)14(24-15(23-8)9(2)22-3)10-6-5-7-11(13(10)18)17(19,20)21;1-2/h5-7,14H,1-4H3,(H,23,24);1-2H3. The van der Waals surface area contributed by atoms with Crippen LogP contribution < -0.4 is 5.32 Å². The molecule has 28 heavy (non-hydrogen) atoms. The fourth-order valence-electron chi connectivity index (χ4n) is 2.55. The number of allylic oxidation sites excluding steroid dienone is 1. The van der Waals surface area contributed by atoms with Crippen molar-refractivity contribution in [1.29, 1.82) is 0 Å². The van der Waals surface area contributed by atoms with Crippen LogP contribution in [0.1, 0.15) is 44.9 Å². The fraction of sp³-hybridized carbons (Fsp3) is 0.421. The molecule has 0 aliphatic carbocycles. The number of hydrogen-bond acceptors (Lipinski definition) is 5. The molecule has 0 spiro atoms. The molecule has 0 amide bonds. The summed E-state index contributed by atoms with van der Waals surface area (Å²) in [6.07, 6.45) is -4.87. The summed E-state index contributed by atoms with van der Waals surface area (Å²) in [4.78, 5) is 20.3. The highest BCUT2D eigenvalue weighted by molar-refractivity contribution is 6.41. The van der Waals surface area contributed by atoms with E-state index in [0.29, 0.717) is 17.5 Å². The topological polar surface area (TPSA) is 63.0 Å². The molecular weight excluding hydrogens is 378 g/mol. The number of nitrogens with one attached hydrogen (secondary N) is 1. The van der Waals surface area contributed by atoms with Gasteiger partial charge in [0, 0.05) is 18.3 Å². The lowest BCUT2D eigenvalue weighted by Gasteiger charge is -2.26. The summed E-state index contributed by atoms with van der Waals surface area (Å²) >= 11 is 0. The second-order valence-corrected chi connectivity index (χ2v) is 5.55. The number of halogens is 4. The van der Waals surface area contributed by atoms with Crippen molar-refractivity contribution >= 4 is 17.5 Å². The third-order valence-electron chi connectivity index (χ3n) is 3.95. The summed E-state index contributed by atoms with van der Waals surface area (Å²) < 4.78 is 58.4. The third kappa shape index (κ3) is 4.76. The molecule has 5 nitrogen and oxygen atoms in total. The minimum absolute atomic E-state index is 0.0709. The van der Waals surface area contributed by atoms with E-state index in [2.05, 4.69) is 15.3 Å². The van der Waals surface area contributed by atoms with Gasteiger partial charge in [0.05, 0.1) is 24.0 Å². The molecule has 0 radical (unpaired) electrons. The molecule has 0 bridgehead atoms. The van der Waals surface area contributed by atoms with Crippen LogP contribution in [0.4, 0.5) is 17.6 Å². The Hall–Kier alpha value is -2.71. The number of amidine groups is 1. The van der Waals surface area contributed by atoms with Gasteiger partial charge in [0.2, 0.25) is 0 Å². The highest BCUT2D eigenvalue weighted by atomic mass is 19.4. The van der Waals surface area contributed by atoms with Crippen LogP contribution in [0.15, 0.2) is 39.5 Å². The molecule has 2 rings (SSSR count). The van der Waals surface area contributed by atoms with Gasteiger partial charge in [-0.25, -0.2) is 9.18 Å². The number of carbonyl (C=O) groups is 1. The van der Waals surface area contributed by atoms with E-state index in [4.69, 9.17) is 4.74 Å². The second kappa shape index (κ2) is 9.48. The van der Waals surface area contributed by atoms with Crippen LogP contribution in [0.5, 0.6) is 0 Å². The highest BCUT2D eigenvalue weighted by Gasteiger charge is 2.38. The highest BCUT2D eigenvalue weighted by Crippen LogP contribution is 2.38. The number of rotatable bonds is 3. The number of carbonyl (C=O) groups excluding carboxylic acids is 1. The molecule has 1 heterocycles. The Morgan fingerprint density at radius 3 is 2.39 bits per heavy atom. The molecule has 154 valence electrons. The minimum atomic E-state index is -4.87. The first-order valence-electron chi connectivity index (χ1n) is 8.55. The van der Waals surface area contributed by atoms with E-state index >= 15 is 0 Å². The average molecular weight is 401 g/mol. The Bertz CT molecular complexity index is 827. The molecule has 1 atom stereocenters.